The van der Waals surface area contributed by atoms with Crippen LogP contribution in [0.1, 0.15) is 98.4 Å². The lowest BCUT2D eigenvalue weighted by atomic mass is 9.69. The molecule has 0 radical (unpaired) electrons. The summed E-state index contributed by atoms with van der Waals surface area (Å²) in [6.07, 6.45) is 4.14. The van der Waals surface area contributed by atoms with Gasteiger partial charge >= 0.3 is 5.24 Å². The maximum atomic E-state index is 15.4. The standard InChI is InChI=1S/C32H37FN4O3S/c1-6-23(20-10-8-7-9-11-20)28(22-14-15-27(35-18-22)36-31(39)41(40)32(3,4)5)29(30(38)37-34)24-17-26(33)25(16-19(24)2)21-12-13-21/h7-11,14-18,21,23,28-29,34H,6,12-13H2,1-5H3,(H,35,36,39). The molecule has 1 aromatic heterocycles. The van der Waals surface area contributed by atoms with Gasteiger partial charge in [-0.2, -0.15) is 0 Å². The Balaban J connectivity index is 1.81. The fourth-order valence-corrected chi connectivity index (χ4v) is 6.22. The molecule has 4 atom stereocenters. The Morgan fingerprint density at radius 3 is 2.34 bits per heavy atom. The zero-order valence-corrected chi connectivity index (χ0v) is 24.9. The van der Waals surface area contributed by atoms with E-state index >= 15 is 4.39 Å². The Hall–Kier alpha value is -3.59. The second kappa shape index (κ2) is 12.5. The van der Waals surface area contributed by atoms with E-state index in [9.17, 15) is 13.8 Å². The van der Waals surface area contributed by atoms with Gasteiger partial charge in [-0.1, -0.05) is 49.4 Å². The van der Waals surface area contributed by atoms with Crippen LogP contribution in [0.2, 0.25) is 0 Å². The molecule has 9 heteroatoms. The number of pyridine rings is 1. The summed E-state index contributed by atoms with van der Waals surface area (Å²) in [6, 6.07) is 16.4. The van der Waals surface area contributed by atoms with Crippen molar-refractivity contribution in [1.29, 1.82) is 5.53 Å². The van der Waals surface area contributed by atoms with Gasteiger partial charge in [0.15, 0.2) is 0 Å². The van der Waals surface area contributed by atoms with Crippen molar-refractivity contribution in [3.05, 3.63) is 94.4 Å². The largest absolute Gasteiger partial charge is 0.315 e. The maximum Gasteiger partial charge on any atom is 0.315 e. The van der Waals surface area contributed by atoms with Crippen LogP contribution in [-0.2, 0) is 15.6 Å². The lowest BCUT2D eigenvalue weighted by Gasteiger charge is -2.33. The number of halogens is 1. The van der Waals surface area contributed by atoms with Crippen LogP contribution in [0.25, 0.3) is 0 Å². The van der Waals surface area contributed by atoms with Crippen LogP contribution in [0.5, 0.6) is 0 Å². The fraction of sp³-hybridized carbons (Fsp3) is 0.406. The number of benzene rings is 2. The first-order chi connectivity index (χ1) is 19.5. The Bertz CT molecular complexity index is 1450. The summed E-state index contributed by atoms with van der Waals surface area (Å²) < 4.78 is 27.1. The van der Waals surface area contributed by atoms with Crippen molar-refractivity contribution in [2.75, 3.05) is 5.32 Å². The number of nitrogens with zero attached hydrogens (tertiary/aromatic N) is 2. The molecular formula is C32H37FN4O3S. The van der Waals surface area contributed by atoms with Crippen LogP contribution < -0.4 is 5.32 Å². The third-order valence-electron chi connectivity index (χ3n) is 7.70. The smallest absolute Gasteiger partial charge is 0.299 e. The predicted molar refractivity (Wildman–Crippen MR) is 159 cm³/mol. The van der Waals surface area contributed by atoms with Gasteiger partial charge < -0.3 is 0 Å². The summed E-state index contributed by atoms with van der Waals surface area (Å²) >= 11 is 0. The van der Waals surface area contributed by atoms with Crippen molar-refractivity contribution in [2.45, 2.75) is 82.3 Å². The molecule has 41 heavy (non-hydrogen) atoms. The second-order valence-corrected chi connectivity index (χ2v) is 13.8. The van der Waals surface area contributed by atoms with Crippen LogP contribution in [-0.4, -0.2) is 25.1 Å². The molecule has 1 saturated carbocycles. The third kappa shape index (κ3) is 6.84. The van der Waals surface area contributed by atoms with E-state index in [2.05, 4.69) is 15.4 Å². The molecule has 2 N–H and O–H groups in total. The predicted octanol–water partition coefficient (Wildman–Crippen LogP) is 8.10. The summed E-state index contributed by atoms with van der Waals surface area (Å²) in [5.41, 5.74) is 11.3. The normalized spacial score (nSPS) is 16.3. The molecule has 0 spiro atoms. The van der Waals surface area contributed by atoms with Gasteiger partial charge in [-0.3, -0.25) is 14.9 Å². The number of carbonyl (C=O) groups excluding carboxylic acids is 2. The van der Waals surface area contributed by atoms with Gasteiger partial charge in [-0.25, -0.2) is 19.1 Å². The van der Waals surface area contributed by atoms with Crippen LogP contribution in [0, 0.1) is 18.3 Å². The highest BCUT2D eigenvalue weighted by Gasteiger charge is 2.39. The fourth-order valence-electron chi connectivity index (χ4n) is 5.47. The third-order valence-corrected chi connectivity index (χ3v) is 9.25. The first kappa shape index (κ1) is 30.4. The van der Waals surface area contributed by atoms with Crippen molar-refractivity contribution < 1.29 is 18.2 Å². The van der Waals surface area contributed by atoms with Gasteiger partial charge in [0.2, 0.25) is 0 Å². The number of hydrogen-bond donors (Lipinski definition) is 2. The highest BCUT2D eigenvalue weighted by molar-refractivity contribution is 8.01. The van der Waals surface area contributed by atoms with Gasteiger partial charge in [0.1, 0.15) is 22.4 Å². The number of carbonyl (C=O) groups is 2. The van der Waals surface area contributed by atoms with E-state index in [0.717, 1.165) is 24.0 Å². The van der Waals surface area contributed by atoms with E-state index in [4.69, 9.17) is 5.53 Å². The van der Waals surface area contributed by atoms with Gasteiger partial charge in [0, 0.05) is 16.9 Å². The zero-order chi connectivity index (χ0) is 29.9. The SMILES string of the molecule is CCC(c1ccccc1)C(c1ccc(NC(=O)S(=O)C(C)(C)C)nc1)C(C(=O)N=N)c1cc(F)c(C2CC2)cc1C. The molecule has 4 rings (SSSR count). The number of hydrogen-bond acceptors (Lipinski definition) is 5. The molecular weight excluding hydrogens is 539 g/mol. The van der Waals surface area contributed by atoms with Gasteiger partial charge in [0.05, 0.1) is 5.92 Å². The summed E-state index contributed by atoms with van der Waals surface area (Å²) in [6.45, 7) is 9.05. The Morgan fingerprint density at radius 1 is 1.12 bits per heavy atom. The molecule has 1 heterocycles. The number of anilines is 1. The topological polar surface area (TPSA) is 112 Å². The Morgan fingerprint density at radius 2 is 1.80 bits per heavy atom. The van der Waals surface area contributed by atoms with Crippen LogP contribution in [0.3, 0.4) is 0 Å². The minimum atomic E-state index is -1.78. The molecule has 2 aromatic carbocycles. The molecule has 0 saturated heterocycles. The molecule has 0 aliphatic heterocycles. The molecule has 4 unspecified atom stereocenters. The molecule has 2 amide bonds. The number of aromatic nitrogens is 1. The summed E-state index contributed by atoms with van der Waals surface area (Å²) in [5, 5.41) is 5.30. The Labute approximate surface area is 243 Å². The quantitative estimate of drug-likeness (QED) is 0.251. The van der Waals surface area contributed by atoms with E-state index < -0.39 is 38.5 Å². The number of amides is 2. The number of aryl methyl sites for hydroxylation is 1. The van der Waals surface area contributed by atoms with Crippen LogP contribution in [0.15, 0.2) is 65.9 Å². The number of rotatable bonds is 9. The van der Waals surface area contributed by atoms with Crippen LogP contribution in [0.4, 0.5) is 15.0 Å². The van der Waals surface area contributed by atoms with Crippen molar-refractivity contribution >= 4 is 27.8 Å². The van der Waals surface area contributed by atoms with E-state index in [1.165, 1.54) is 6.07 Å². The molecule has 1 fully saturated rings. The minimum Gasteiger partial charge on any atom is -0.299 e. The average molecular weight is 577 g/mol. The number of nitrogens with one attached hydrogen (secondary N) is 2. The Kier molecular flexibility index (Phi) is 9.27. The molecule has 0 bridgehead atoms. The van der Waals surface area contributed by atoms with Gasteiger partial charge in [0.25, 0.3) is 5.91 Å². The highest BCUT2D eigenvalue weighted by Crippen LogP contribution is 2.48. The first-order valence-corrected chi connectivity index (χ1v) is 15.1. The lowest BCUT2D eigenvalue weighted by Crippen LogP contribution is -2.31. The zero-order valence-electron chi connectivity index (χ0n) is 24.1. The molecule has 1 aliphatic rings. The highest BCUT2D eigenvalue weighted by atomic mass is 32.2. The monoisotopic (exact) mass is 576 g/mol. The van der Waals surface area contributed by atoms with Crippen molar-refractivity contribution in [1.82, 2.24) is 4.98 Å². The van der Waals surface area contributed by atoms with Crippen molar-refractivity contribution in [3.8, 4) is 0 Å². The summed E-state index contributed by atoms with van der Waals surface area (Å²) in [4.78, 5) is 30.4. The van der Waals surface area contributed by atoms with E-state index in [0.29, 0.717) is 23.1 Å². The molecule has 7 nitrogen and oxygen atoms in total. The van der Waals surface area contributed by atoms with E-state index in [1.807, 2.05) is 50.2 Å². The van der Waals surface area contributed by atoms with Gasteiger partial charge in [-0.05, 0) is 98.7 Å². The van der Waals surface area contributed by atoms with E-state index in [-0.39, 0.29) is 23.5 Å². The molecule has 1 aliphatic carbocycles. The summed E-state index contributed by atoms with van der Waals surface area (Å²) in [5.74, 6) is -2.22. The maximum absolute atomic E-state index is 15.4. The average Bonchev–Trinajstić information content (AvgIpc) is 3.80. The van der Waals surface area contributed by atoms with Crippen molar-refractivity contribution in [2.24, 2.45) is 5.11 Å². The van der Waals surface area contributed by atoms with Crippen LogP contribution >= 0.6 is 0 Å². The lowest BCUT2D eigenvalue weighted by molar-refractivity contribution is -0.120. The second-order valence-electron chi connectivity index (χ2n) is 11.7. The van der Waals surface area contributed by atoms with Crippen molar-refractivity contribution in [3.63, 3.8) is 0 Å². The minimum absolute atomic E-state index is 0.187. The first-order valence-electron chi connectivity index (χ1n) is 13.9. The van der Waals surface area contributed by atoms with Gasteiger partial charge in [-0.15, -0.1) is 5.11 Å². The molecule has 3 aromatic rings. The molecule has 216 valence electrons. The summed E-state index contributed by atoms with van der Waals surface area (Å²) in [7, 11) is -1.78. The van der Waals surface area contributed by atoms with E-state index in [1.54, 1.807) is 39.1 Å².